The van der Waals surface area contributed by atoms with Gasteiger partial charge in [0.25, 0.3) is 0 Å². The van der Waals surface area contributed by atoms with E-state index in [-0.39, 0.29) is 0 Å². The first-order chi connectivity index (χ1) is 7.83. The minimum absolute atomic E-state index is 0.331. The van der Waals surface area contributed by atoms with Crippen LogP contribution in [0.3, 0.4) is 0 Å². The van der Waals surface area contributed by atoms with Crippen LogP contribution in [0, 0.1) is 0 Å². The number of nitrogens with zero attached hydrogens (tertiary/aromatic N) is 1. The van der Waals surface area contributed by atoms with Crippen molar-refractivity contribution in [2.45, 2.75) is 45.1 Å². The Morgan fingerprint density at radius 1 is 1.38 bits per heavy atom. The molecule has 0 amide bonds. The van der Waals surface area contributed by atoms with Gasteiger partial charge in [-0.3, -0.25) is 4.98 Å². The van der Waals surface area contributed by atoms with Gasteiger partial charge in [-0.15, -0.1) is 0 Å². The number of hydrogen-bond donors (Lipinski definition) is 1. The molecule has 2 N–H and O–H groups in total. The highest BCUT2D eigenvalue weighted by Gasteiger charge is 2.01. The average molecular weight is 222 g/mol. The minimum atomic E-state index is 0.331. The van der Waals surface area contributed by atoms with Crippen molar-refractivity contribution in [2.24, 2.45) is 5.73 Å². The quantitative estimate of drug-likeness (QED) is 0.688. The van der Waals surface area contributed by atoms with Crippen LogP contribution in [0.15, 0.2) is 24.5 Å². The zero-order valence-electron chi connectivity index (χ0n) is 10.1. The van der Waals surface area contributed by atoms with Gasteiger partial charge in [0.2, 0.25) is 0 Å². The van der Waals surface area contributed by atoms with E-state index in [9.17, 15) is 0 Å². The van der Waals surface area contributed by atoms with E-state index in [2.05, 4.69) is 11.9 Å². The first kappa shape index (κ1) is 13.0. The standard InChI is InChI=1S/C13H22N2O/c1-2-3-6-12(14)7-5-10-16-13-8-4-9-15-11-13/h4,8-9,11-12H,2-3,5-7,10,14H2,1H3. The number of nitrogens with two attached hydrogens (primary N) is 1. The van der Waals surface area contributed by atoms with Crippen LogP contribution in [0.2, 0.25) is 0 Å². The Balaban J connectivity index is 2.03. The Morgan fingerprint density at radius 2 is 2.19 bits per heavy atom. The lowest BCUT2D eigenvalue weighted by molar-refractivity contribution is 0.298. The Bertz CT molecular complexity index is 264. The van der Waals surface area contributed by atoms with Crippen molar-refractivity contribution in [2.75, 3.05) is 6.61 Å². The van der Waals surface area contributed by atoms with E-state index in [1.807, 2.05) is 12.1 Å². The van der Waals surface area contributed by atoms with Gasteiger partial charge in [0.1, 0.15) is 5.75 Å². The molecule has 1 aromatic rings. The largest absolute Gasteiger partial charge is 0.492 e. The Labute approximate surface area is 98.0 Å². The Kier molecular flexibility index (Phi) is 6.58. The van der Waals surface area contributed by atoms with Crippen molar-refractivity contribution in [3.63, 3.8) is 0 Å². The van der Waals surface area contributed by atoms with Crippen LogP contribution < -0.4 is 10.5 Å². The number of ether oxygens (including phenoxy) is 1. The molecule has 0 aliphatic carbocycles. The maximum Gasteiger partial charge on any atom is 0.137 e. The molecule has 1 rings (SSSR count). The van der Waals surface area contributed by atoms with Gasteiger partial charge in [-0.2, -0.15) is 0 Å². The van der Waals surface area contributed by atoms with Crippen LogP contribution in [-0.2, 0) is 0 Å². The van der Waals surface area contributed by atoms with E-state index < -0.39 is 0 Å². The Morgan fingerprint density at radius 3 is 2.88 bits per heavy atom. The molecule has 1 aromatic heterocycles. The smallest absolute Gasteiger partial charge is 0.137 e. The van der Waals surface area contributed by atoms with E-state index in [0.717, 1.165) is 31.6 Å². The summed E-state index contributed by atoms with van der Waals surface area (Å²) in [6.45, 7) is 2.92. The molecule has 0 fully saturated rings. The van der Waals surface area contributed by atoms with Gasteiger partial charge in [0, 0.05) is 12.2 Å². The summed E-state index contributed by atoms with van der Waals surface area (Å²) in [5, 5.41) is 0. The third kappa shape index (κ3) is 5.71. The van der Waals surface area contributed by atoms with Crippen molar-refractivity contribution in [1.82, 2.24) is 4.98 Å². The van der Waals surface area contributed by atoms with Crippen molar-refractivity contribution in [1.29, 1.82) is 0 Å². The molecule has 1 heterocycles. The molecule has 16 heavy (non-hydrogen) atoms. The SMILES string of the molecule is CCCCC(N)CCCOc1cccnc1. The van der Waals surface area contributed by atoms with Crippen LogP contribution in [0.1, 0.15) is 39.0 Å². The van der Waals surface area contributed by atoms with Crippen molar-refractivity contribution in [3.05, 3.63) is 24.5 Å². The molecule has 0 aromatic carbocycles. The fourth-order valence-electron chi connectivity index (χ4n) is 1.58. The molecule has 3 heteroatoms. The molecule has 3 nitrogen and oxygen atoms in total. The monoisotopic (exact) mass is 222 g/mol. The fourth-order valence-corrected chi connectivity index (χ4v) is 1.58. The van der Waals surface area contributed by atoms with E-state index in [4.69, 9.17) is 10.5 Å². The van der Waals surface area contributed by atoms with Gasteiger partial charge in [0.15, 0.2) is 0 Å². The summed E-state index contributed by atoms with van der Waals surface area (Å²) in [5.74, 6) is 0.838. The second-order valence-electron chi connectivity index (χ2n) is 4.08. The summed E-state index contributed by atoms with van der Waals surface area (Å²) in [4.78, 5) is 3.99. The second-order valence-corrected chi connectivity index (χ2v) is 4.08. The third-order valence-electron chi connectivity index (χ3n) is 2.55. The zero-order valence-corrected chi connectivity index (χ0v) is 10.1. The van der Waals surface area contributed by atoms with E-state index in [0.29, 0.717) is 6.04 Å². The highest BCUT2D eigenvalue weighted by Crippen LogP contribution is 2.08. The summed E-state index contributed by atoms with van der Waals surface area (Å²) in [5.41, 5.74) is 5.97. The van der Waals surface area contributed by atoms with Crippen LogP contribution in [-0.4, -0.2) is 17.6 Å². The van der Waals surface area contributed by atoms with E-state index in [1.54, 1.807) is 12.4 Å². The number of rotatable bonds is 8. The predicted molar refractivity (Wildman–Crippen MR) is 66.5 cm³/mol. The number of hydrogen-bond acceptors (Lipinski definition) is 3. The van der Waals surface area contributed by atoms with Gasteiger partial charge < -0.3 is 10.5 Å². The minimum Gasteiger partial charge on any atom is -0.492 e. The maximum absolute atomic E-state index is 5.97. The topological polar surface area (TPSA) is 48.1 Å². The molecule has 0 saturated heterocycles. The second kappa shape index (κ2) is 8.11. The van der Waals surface area contributed by atoms with Crippen molar-refractivity contribution < 1.29 is 4.74 Å². The first-order valence-corrected chi connectivity index (χ1v) is 6.11. The lowest BCUT2D eigenvalue weighted by Crippen LogP contribution is -2.20. The number of pyridine rings is 1. The van der Waals surface area contributed by atoms with E-state index >= 15 is 0 Å². The molecule has 0 aliphatic heterocycles. The van der Waals surface area contributed by atoms with Crippen molar-refractivity contribution >= 4 is 0 Å². The van der Waals surface area contributed by atoms with Crippen LogP contribution in [0.4, 0.5) is 0 Å². The van der Waals surface area contributed by atoms with Crippen LogP contribution in [0.5, 0.6) is 5.75 Å². The molecule has 0 bridgehead atoms. The normalized spacial score (nSPS) is 12.4. The molecular weight excluding hydrogens is 200 g/mol. The number of aromatic nitrogens is 1. The summed E-state index contributed by atoms with van der Waals surface area (Å²) < 4.78 is 5.54. The molecule has 1 unspecified atom stereocenters. The maximum atomic E-state index is 5.97. The summed E-state index contributed by atoms with van der Waals surface area (Å²) in [7, 11) is 0. The molecular formula is C13H22N2O. The average Bonchev–Trinajstić information content (AvgIpc) is 2.33. The highest BCUT2D eigenvalue weighted by molar-refractivity contribution is 5.15. The summed E-state index contributed by atoms with van der Waals surface area (Å²) in [6, 6.07) is 4.13. The van der Waals surface area contributed by atoms with Crippen LogP contribution in [0.25, 0.3) is 0 Å². The highest BCUT2D eigenvalue weighted by atomic mass is 16.5. The lowest BCUT2D eigenvalue weighted by atomic mass is 10.1. The van der Waals surface area contributed by atoms with E-state index in [1.165, 1.54) is 12.8 Å². The molecule has 0 radical (unpaired) electrons. The van der Waals surface area contributed by atoms with Gasteiger partial charge in [-0.25, -0.2) is 0 Å². The summed E-state index contributed by atoms with van der Waals surface area (Å²) >= 11 is 0. The fraction of sp³-hybridized carbons (Fsp3) is 0.615. The Hall–Kier alpha value is -1.09. The number of unbranched alkanes of at least 4 members (excludes halogenated alkanes) is 1. The molecule has 1 atom stereocenters. The van der Waals surface area contributed by atoms with Crippen LogP contribution >= 0.6 is 0 Å². The zero-order chi connectivity index (χ0) is 11.6. The lowest BCUT2D eigenvalue weighted by Gasteiger charge is -2.11. The van der Waals surface area contributed by atoms with Crippen molar-refractivity contribution in [3.8, 4) is 5.75 Å². The molecule has 0 aliphatic rings. The molecule has 90 valence electrons. The summed E-state index contributed by atoms with van der Waals surface area (Å²) in [6.07, 6.45) is 9.11. The third-order valence-corrected chi connectivity index (χ3v) is 2.55. The molecule has 0 saturated carbocycles. The van der Waals surface area contributed by atoms with Gasteiger partial charge in [-0.05, 0) is 31.4 Å². The van der Waals surface area contributed by atoms with Gasteiger partial charge >= 0.3 is 0 Å². The molecule has 0 spiro atoms. The van der Waals surface area contributed by atoms with Gasteiger partial charge in [0.05, 0.1) is 12.8 Å². The van der Waals surface area contributed by atoms with Gasteiger partial charge in [-0.1, -0.05) is 19.8 Å². The predicted octanol–water partition coefficient (Wildman–Crippen LogP) is 2.76. The first-order valence-electron chi connectivity index (χ1n) is 6.11.